The highest BCUT2D eigenvalue weighted by molar-refractivity contribution is 5.85. The van der Waals surface area contributed by atoms with Gasteiger partial charge in [-0.15, -0.1) is 24.8 Å². The third-order valence-electron chi connectivity index (χ3n) is 2.06. The number of nitrogens with two attached hydrogens (primary N) is 1. The number of aryl methyl sites for hydroxylation is 1. The fourth-order valence-electron chi connectivity index (χ4n) is 1.39. The predicted octanol–water partition coefficient (Wildman–Crippen LogP) is 1.83. The van der Waals surface area contributed by atoms with Crippen molar-refractivity contribution in [2.24, 2.45) is 12.8 Å². The number of aromatic nitrogens is 2. The van der Waals surface area contributed by atoms with Gasteiger partial charge in [0.25, 0.3) is 0 Å². The predicted molar refractivity (Wildman–Crippen MR) is 62.2 cm³/mol. The second-order valence-corrected chi connectivity index (χ2v) is 2.84. The summed E-state index contributed by atoms with van der Waals surface area (Å²) < 4.78 is 1.99. The van der Waals surface area contributed by atoms with E-state index in [0.717, 1.165) is 17.0 Å². The van der Waals surface area contributed by atoms with Crippen LogP contribution in [-0.2, 0) is 13.6 Å². The van der Waals surface area contributed by atoms with E-state index < -0.39 is 0 Å². The average molecular weight is 234 g/mol. The summed E-state index contributed by atoms with van der Waals surface area (Å²) in [6.07, 6.45) is 3.82. The molecule has 2 heterocycles. The van der Waals surface area contributed by atoms with Crippen LogP contribution < -0.4 is 5.73 Å². The molecule has 0 aromatic carbocycles. The van der Waals surface area contributed by atoms with Crippen molar-refractivity contribution in [3.8, 4) is 11.4 Å². The molecule has 0 radical (unpaired) electrons. The minimum Gasteiger partial charge on any atom is -0.336 e. The highest BCUT2D eigenvalue weighted by Gasteiger charge is 2.10. The number of fused-ring (bicyclic) bond motifs is 1. The summed E-state index contributed by atoms with van der Waals surface area (Å²) in [6, 6.07) is 4.05. The molecule has 0 fully saturated rings. The summed E-state index contributed by atoms with van der Waals surface area (Å²) in [6.45, 7) is 0.556. The standard InChI is InChI=1S/C9H11N3.2ClH/c1-12-4-2-3-8-7(5-10)6-11-9(8)12;;/h2-4,6H,5,10H2,1H3;2*1H. The van der Waals surface area contributed by atoms with Gasteiger partial charge in [-0.25, -0.2) is 4.98 Å². The average Bonchev–Trinajstić information content (AvgIpc) is 2.49. The van der Waals surface area contributed by atoms with Crippen LogP contribution in [0.15, 0.2) is 24.5 Å². The maximum absolute atomic E-state index is 5.56. The van der Waals surface area contributed by atoms with E-state index in [1.54, 1.807) is 0 Å². The van der Waals surface area contributed by atoms with Crippen molar-refractivity contribution in [1.82, 2.24) is 9.55 Å². The quantitative estimate of drug-likeness (QED) is 0.817. The van der Waals surface area contributed by atoms with Crippen LogP contribution in [0.25, 0.3) is 11.4 Å². The van der Waals surface area contributed by atoms with Gasteiger partial charge in [0.05, 0.1) is 0 Å². The van der Waals surface area contributed by atoms with Crippen molar-refractivity contribution in [3.63, 3.8) is 0 Å². The van der Waals surface area contributed by atoms with E-state index in [2.05, 4.69) is 4.98 Å². The first-order valence-corrected chi connectivity index (χ1v) is 3.92. The third-order valence-corrected chi connectivity index (χ3v) is 2.06. The lowest BCUT2D eigenvalue weighted by Crippen LogP contribution is -1.99. The second-order valence-electron chi connectivity index (χ2n) is 2.84. The Balaban J connectivity index is 0.000000845. The van der Waals surface area contributed by atoms with Crippen molar-refractivity contribution >= 4 is 24.8 Å². The molecule has 0 atom stereocenters. The van der Waals surface area contributed by atoms with E-state index >= 15 is 0 Å². The van der Waals surface area contributed by atoms with Crippen molar-refractivity contribution in [3.05, 3.63) is 30.1 Å². The Hall–Kier alpha value is -0.770. The Bertz CT molecular complexity index is 373. The first-order valence-electron chi connectivity index (χ1n) is 3.92. The SMILES string of the molecule is Cl.Cl.Cn1cccc2c(CN)cnc1-2. The second kappa shape index (κ2) is 5.20. The van der Waals surface area contributed by atoms with Gasteiger partial charge in [-0.3, -0.25) is 0 Å². The molecule has 0 aromatic rings. The summed E-state index contributed by atoms with van der Waals surface area (Å²) in [7, 11) is 1.98. The number of pyridine rings is 1. The number of hydrogen-bond donors (Lipinski definition) is 1. The van der Waals surface area contributed by atoms with Gasteiger partial charge in [-0.05, 0) is 17.7 Å². The monoisotopic (exact) mass is 233 g/mol. The maximum atomic E-state index is 5.56. The van der Waals surface area contributed by atoms with Gasteiger partial charge in [-0.1, -0.05) is 0 Å². The molecule has 0 spiro atoms. The van der Waals surface area contributed by atoms with Crippen LogP contribution >= 0.6 is 24.8 Å². The molecule has 0 saturated heterocycles. The van der Waals surface area contributed by atoms with Crippen molar-refractivity contribution in [2.45, 2.75) is 6.54 Å². The summed E-state index contributed by atoms with van der Waals surface area (Å²) >= 11 is 0. The first kappa shape index (κ1) is 13.2. The van der Waals surface area contributed by atoms with Crippen molar-refractivity contribution in [2.75, 3.05) is 0 Å². The number of nitrogens with zero attached hydrogens (tertiary/aromatic N) is 2. The van der Waals surface area contributed by atoms with Crippen LogP contribution in [0.2, 0.25) is 0 Å². The largest absolute Gasteiger partial charge is 0.336 e. The van der Waals surface area contributed by atoms with Crippen LogP contribution in [0.4, 0.5) is 0 Å². The number of rotatable bonds is 1. The molecule has 78 valence electrons. The first-order chi connectivity index (χ1) is 5.83. The summed E-state index contributed by atoms with van der Waals surface area (Å²) in [4.78, 5) is 4.27. The van der Waals surface area contributed by atoms with E-state index in [9.17, 15) is 0 Å². The van der Waals surface area contributed by atoms with Crippen LogP contribution in [-0.4, -0.2) is 9.55 Å². The molecule has 0 amide bonds. The summed E-state index contributed by atoms with van der Waals surface area (Å²) in [5.41, 5.74) is 7.83. The zero-order valence-electron chi connectivity index (χ0n) is 7.80. The lowest BCUT2D eigenvalue weighted by Gasteiger charge is -2.05. The van der Waals surface area contributed by atoms with Crippen LogP contribution in [0, 0.1) is 0 Å². The van der Waals surface area contributed by atoms with Crippen LogP contribution in [0.5, 0.6) is 0 Å². The van der Waals surface area contributed by atoms with Gasteiger partial charge in [0, 0.05) is 31.5 Å². The minimum atomic E-state index is 0. The smallest absolute Gasteiger partial charge is 0.139 e. The fraction of sp³-hybridized carbons (Fsp3) is 0.222. The molecule has 0 bridgehead atoms. The van der Waals surface area contributed by atoms with Gasteiger partial charge in [-0.2, -0.15) is 0 Å². The normalized spacial score (nSPS) is 9.29. The fourth-order valence-corrected chi connectivity index (χ4v) is 1.39. The van der Waals surface area contributed by atoms with E-state index in [0.29, 0.717) is 6.54 Å². The molecule has 2 N–H and O–H groups in total. The zero-order valence-corrected chi connectivity index (χ0v) is 9.44. The van der Waals surface area contributed by atoms with E-state index in [1.807, 2.05) is 36.1 Å². The molecule has 5 heteroatoms. The number of hydrogen-bond acceptors (Lipinski definition) is 2. The minimum absolute atomic E-state index is 0. The summed E-state index contributed by atoms with van der Waals surface area (Å²) in [5, 5.41) is 0. The molecular formula is C9H13Cl2N3. The van der Waals surface area contributed by atoms with Crippen LogP contribution in [0.3, 0.4) is 0 Å². The van der Waals surface area contributed by atoms with Crippen molar-refractivity contribution in [1.29, 1.82) is 0 Å². The molecule has 0 saturated carbocycles. The molecule has 3 nitrogen and oxygen atoms in total. The molecule has 0 unspecified atom stereocenters. The van der Waals surface area contributed by atoms with E-state index in [4.69, 9.17) is 5.73 Å². The molecular weight excluding hydrogens is 221 g/mol. The van der Waals surface area contributed by atoms with Gasteiger partial charge in [0.15, 0.2) is 0 Å². The third kappa shape index (κ3) is 2.00. The van der Waals surface area contributed by atoms with Gasteiger partial charge in [0.1, 0.15) is 5.82 Å². The Kier molecular flexibility index (Phi) is 4.91. The van der Waals surface area contributed by atoms with E-state index in [1.165, 1.54) is 0 Å². The Morgan fingerprint density at radius 3 is 2.79 bits per heavy atom. The van der Waals surface area contributed by atoms with Crippen molar-refractivity contribution < 1.29 is 0 Å². The Morgan fingerprint density at radius 1 is 1.43 bits per heavy atom. The molecule has 0 aromatic heterocycles. The van der Waals surface area contributed by atoms with E-state index in [-0.39, 0.29) is 24.8 Å². The van der Waals surface area contributed by atoms with Gasteiger partial charge >= 0.3 is 0 Å². The zero-order chi connectivity index (χ0) is 8.55. The topological polar surface area (TPSA) is 43.8 Å². The lowest BCUT2D eigenvalue weighted by molar-refractivity contribution is 0.890. The van der Waals surface area contributed by atoms with Gasteiger partial charge < -0.3 is 10.3 Å². The molecule has 14 heavy (non-hydrogen) atoms. The Morgan fingerprint density at radius 2 is 2.14 bits per heavy atom. The molecule has 0 aliphatic carbocycles. The van der Waals surface area contributed by atoms with Crippen LogP contribution in [0.1, 0.15) is 5.56 Å². The highest BCUT2D eigenvalue weighted by atomic mass is 35.5. The Labute approximate surface area is 95.5 Å². The van der Waals surface area contributed by atoms with Gasteiger partial charge in [0.2, 0.25) is 0 Å². The molecule has 2 aliphatic rings. The maximum Gasteiger partial charge on any atom is 0.139 e. The number of halogens is 2. The summed E-state index contributed by atoms with van der Waals surface area (Å²) in [5.74, 6) is 0.998. The molecule has 2 aliphatic heterocycles. The molecule has 2 rings (SSSR count). The highest BCUT2D eigenvalue weighted by Crippen LogP contribution is 2.23. The lowest BCUT2D eigenvalue weighted by atomic mass is 10.1.